The van der Waals surface area contributed by atoms with Gasteiger partial charge in [0.15, 0.2) is 0 Å². The maximum Gasteiger partial charge on any atom is 0.0145 e. The predicted octanol–water partition coefficient (Wildman–Crippen LogP) is 2.43. The van der Waals surface area contributed by atoms with E-state index in [1.165, 1.54) is 51.9 Å². The van der Waals surface area contributed by atoms with E-state index < -0.39 is 0 Å². The summed E-state index contributed by atoms with van der Waals surface area (Å²) in [5, 5.41) is 3.56. The minimum atomic E-state index is 0.434. The highest BCUT2D eigenvalue weighted by Crippen LogP contribution is 2.31. The maximum absolute atomic E-state index is 3.56. The average molecular weight is 281 g/mol. The highest BCUT2D eigenvalue weighted by molar-refractivity contribution is 4.91. The summed E-state index contributed by atoms with van der Waals surface area (Å²) in [7, 11) is 2.33. The van der Waals surface area contributed by atoms with E-state index in [-0.39, 0.29) is 0 Å². The molecule has 0 bridgehead atoms. The van der Waals surface area contributed by atoms with Gasteiger partial charge in [-0.1, -0.05) is 20.8 Å². The van der Waals surface area contributed by atoms with Gasteiger partial charge in [-0.05, 0) is 63.7 Å². The van der Waals surface area contributed by atoms with Gasteiger partial charge in [-0.25, -0.2) is 0 Å². The molecule has 2 aliphatic rings. The molecule has 3 unspecified atom stereocenters. The van der Waals surface area contributed by atoms with Crippen LogP contribution < -0.4 is 5.32 Å². The number of fused-ring (bicyclic) bond motifs is 1. The van der Waals surface area contributed by atoms with Gasteiger partial charge < -0.3 is 15.1 Å². The summed E-state index contributed by atoms with van der Waals surface area (Å²) in [6.45, 7) is 14.5. The van der Waals surface area contributed by atoms with Crippen LogP contribution in [0.25, 0.3) is 0 Å². The van der Waals surface area contributed by atoms with E-state index in [1.54, 1.807) is 0 Å². The van der Waals surface area contributed by atoms with Gasteiger partial charge in [-0.15, -0.1) is 0 Å². The Kier molecular flexibility index (Phi) is 5.88. The van der Waals surface area contributed by atoms with E-state index in [2.05, 4.69) is 42.9 Å². The molecular weight excluding hydrogens is 246 g/mol. The molecule has 0 spiro atoms. The summed E-state index contributed by atoms with van der Waals surface area (Å²) in [4.78, 5) is 5.37. The molecule has 2 fully saturated rings. The predicted molar refractivity (Wildman–Crippen MR) is 87.1 cm³/mol. The van der Waals surface area contributed by atoms with E-state index in [1.807, 2.05) is 0 Å². The largest absolute Gasteiger partial charge is 0.316 e. The van der Waals surface area contributed by atoms with Gasteiger partial charge in [0.25, 0.3) is 0 Å². The Morgan fingerprint density at radius 2 is 2.00 bits per heavy atom. The van der Waals surface area contributed by atoms with Gasteiger partial charge in [0.05, 0.1) is 0 Å². The highest BCUT2D eigenvalue weighted by atomic mass is 15.2. The van der Waals surface area contributed by atoms with Gasteiger partial charge in [0, 0.05) is 25.7 Å². The smallest absolute Gasteiger partial charge is 0.0145 e. The minimum absolute atomic E-state index is 0.434. The molecule has 3 atom stereocenters. The number of likely N-dealkylation sites (tertiary alicyclic amines) is 2. The summed E-state index contributed by atoms with van der Waals surface area (Å²) < 4.78 is 0. The molecule has 20 heavy (non-hydrogen) atoms. The zero-order valence-electron chi connectivity index (χ0n) is 14.1. The van der Waals surface area contributed by atoms with Gasteiger partial charge in [0.1, 0.15) is 0 Å². The Labute approximate surface area is 126 Å². The fourth-order valence-corrected chi connectivity index (χ4v) is 4.13. The molecule has 1 N–H and O–H groups in total. The molecule has 2 aliphatic heterocycles. The first kappa shape index (κ1) is 16.3. The summed E-state index contributed by atoms with van der Waals surface area (Å²) in [5.41, 5.74) is 0.434. The third-order valence-corrected chi connectivity index (χ3v) is 5.69. The molecule has 118 valence electrons. The van der Waals surface area contributed by atoms with Gasteiger partial charge in [0.2, 0.25) is 0 Å². The molecule has 0 amide bonds. The lowest BCUT2D eigenvalue weighted by Gasteiger charge is -2.47. The van der Waals surface area contributed by atoms with Crippen molar-refractivity contribution in [3.05, 3.63) is 0 Å². The molecule has 2 saturated heterocycles. The van der Waals surface area contributed by atoms with Gasteiger partial charge >= 0.3 is 0 Å². The first-order valence-electron chi connectivity index (χ1n) is 8.71. The SMILES string of the molecule is CCNCC(C)(CC)CN1CCC2C(CCCN2C)C1. The van der Waals surface area contributed by atoms with E-state index >= 15 is 0 Å². The third-order valence-electron chi connectivity index (χ3n) is 5.69. The maximum atomic E-state index is 3.56. The number of nitrogens with zero attached hydrogens (tertiary/aromatic N) is 2. The van der Waals surface area contributed by atoms with Gasteiger partial charge in [-0.2, -0.15) is 0 Å². The normalized spacial score (nSPS) is 31.8. The monoisotopic (exact) mass is 281 g/mol. The van der Waals surface area contributed by atoms with Crippen LogP contribution in [0.3, 0.4) is 0 Å². The molecule has 2 rings (SSSR count). The molecule has 0 aromatic carbocycles. The van der Waals surface area contributed by atoms with Crippen molar-refractivity contribution in [1.29, 1.82) is 0 Å². The van der Waals surface area contributed by atoms with Crippen LogP contribution in [0.4, 0.5) is 0 Å². The molecule has 3 nitrogen and oxygen atoms in total. The van der Waals surface area contributed by atoms with Crippen LogP contribution >= 0.6 is 0 Å². The quantitative estimate of drug-likeness (QED) is 0.807. The van der Waals surface area contributed by atoms with E-state index in [9.17, 15) is 0 Å². The van der Waals surface area contributed by atoms with Crippen LogP contribution in [0.1, 0.15) is 46.5 Å². The van der Waals surface area contributed by atoms with Gasteiger partial charge in [-0.3, -0.25) is 0 Å². The van der Waals surface area contributed by atoms with Crippen LogP contribution in [0.5, 0.6) is 0 Å². The summed E-state index contributed by atoms with van der Waals surface area (Å²) in [6.07, 6.45) is 5.49. The van der Waals surface area contributed by atoms with Crippen molar-refractivity contribution >= 4 is 0 Å². The molecule has 0 aromatic heterocycles. The van der Waals surface area contributed by atoms with Crippen molar-refractivity contribution < 1.29 is 0 Å². The van der Waals surface area contributed by atoms with Crippen molar-refractivity contribution in [1.82, 2.24) is 15.1 Å². The van der Waals surface area contributed by atoms with Crippen LogP contribution in [0.2, 0.25) is 0 Å². The fourth-order valence-electron chi connectivity index (χ4n) is 4.13. The number of rotatable bonds is 6. The third kappa shape index (κ3) is 3.96. The molecule has 0 radical (unpaired) electrons. The summed E-state index contributed by atoms with van der Waals surface area (Å²) in [6, 6.07) is 0.863. The Balaban J connectivity index is 1.87. The lowest BCUT2D eigenvalue weighted by atomic mass is 9.81. The fraction of sp³-hybridized carbons (Fsp3) is 1.00. The van der Waals surface area contributed by atoms with E-state index in [0.29, 0.717) is 5.41 Å². The van der Waals surface area contributed by atoms with Crippen LogP contribution in [-0.4, -0.2) is 62.2 Å². The molecule has 0 saturated carbocycles. The highest BCUT2D eigenvalue weighted by Gasteiger charge is 2.36. The van der Waals surface area contributed by atoms with Crippen molar-refractivity contribution in [2.75, 3.05) is 46.3 Å². The second-order valence-corrected chi connectivity index (χ2v) is 7.42. The zero-order chi connectivity index (χ0) is 14.6. The minimum Gasteiger partial charge on any atom is -0.316 e. The van der Waals surface area contributed by atoms with Crippen molar-refractivity contribution in [3.63, 3.8) is 0 Å². The Morgan fingerprint density at radius 3 is 2.70 bits per heavy atom. The van der Waals surface area contributed by atoms with Crippen molar-refractivity contribution in [3.8, 4) is 0 Å². The standard InChI is InChI=1S/C17H35N3/c1-5-17(3,13-18-6-2)14-20-11-9-16-15(12-20)8-7-10-19(16)4/h15-16,18H,5-14H2,1-4H3. The number of hydrogen-bond donors (Lipinski definition) is 1. The number of piperidine rings is 2. The van der Waals surface area contributed by atoms with Crippen molar-refractivity contribution in [2.45, 2.75) is 52.5 Å². The molecule has 0 aromatic rings. The topological polar surface area (TPSA) is 18.5 Å². The Hall–Kier alpha value is -0.120. The summed E-state index contributed by atoms with van der Waals surface area (Å²) in [5.74, 6) is 0.919. The second kappa shape index (κ2) is 7.24. The first-order chi connectivity index (χ1) is 9.58. The average Bonchev–Trinajstić information content (AvgIpc) is 2.45. The first-order valence-corrected chi connectivity index (χ1v) is 8.71. The number of hydrogen-bond acceptors (Lipinski definition) is 3. The Morgan fingerprint density at radius 1 is 1.20 bits per heavy atom. The van der Waals surface area contributed by atoms with Crippen molar-refractivity contribution in [2.24, 2.45) is 11.3 Å². The molecule has 2 heterocycles. The van der Waals surface area contributed by atoms with E-state index in [0.717, 1.165) is 25.0 Å². The number of nitrogens with one attached hydrogen (secondary N) is 1. The lowest BCUT2D eigenvalue weighted by molar-refractivity contribution is 0.0210. The van der Waals surface area contributed by atoms with Crippen LogP contribution in [0.15, 0.2) is 0 Å². The Bertz CT molecular complexity index is 294. The lowest BCUT2D eigenvalue weighted by Crippen LogP contribution is -2.54. The molecule has 0 aliphatic carbocycles. The van der Waals surface area contributed by atoms with Crippen LogP contribution in [0, 0.1) is 11.3 Å². The van der Waals surface area contributed by atoms with E-state index in [4.69, 9.17) is 0 Å². The second-order valence-electron chi connectivity index (χ2n) is 7.42. The summed E-state index contributed by atoms with van der Waals surface area (Å²) >= 11 is 0. The zero-order valence-corrected chi connectivity index (χ0v) is 14.1. The molecular formula is C17H35N3. The molecule has 3 heteroatoms. The van der Waals surface area contributed by atoms with Crippen LogP contribution in [-0.2, 0) is 0 Å².